The van der Waals surface area contributed by atoms with Crippen LogP contribution in [0.25, 0.3) is 0 Å². The molecule has 0 amide bonds. The molecule has 2 aromatic carbocycles. The van der Waals surface area contributed by atoms with Crippen LogP contribution < -0.4 is 15.4 Å². The van der Waals surface area contributed by atoms with Gasteiger partial charge in [0.1, 0.15) is 17.1 Å². The lowest BCUT2D eigenvalue weighted by Crippen LogP contribution is -2.53. The molecule has 3 atom stereocenters. The van der Waals surface area contributed by atoms with E-state index in [-0.39, 0.29) is 30.0 Å². The zero-order chi connectivity index (χ0) is 24.4. The molecule has 2 aliphatic rings. The van der Waals surface area contributed by atoms with Crippen LogP contribution in [0.4, 0.5) is 30.7 Å². The predicted molar refractivity (Wildman–Crippen MR) is 108 cm³/mol. The van der Waals surface area contributed by atoms with E-state index in [0.717, 1.165) is 6.07 Å². The lowest BCUT2D eigenvalue weighted by Gasteiger charge is -2.40. The van der Waals surface area contributed by atoms with Crippen molar-refractivity contribution in [1.29, 1.82) is 0 Å². The highest BCUT2D eigenvalue weighted by Crippen LogP contribution is 2.56. The zero-order valence-electron chi connectivity index (χ0n) is 16.6. The zero-order valence-corrected chi connectivity index (χ0v) is 18.6. The van der Waals surface area contributed by atoms with E-state index in [1.165, 1.54) is 12.1 Å². The summed E-state index contributed by atoms with van der Waals surface area (Å²) in [6, 6.07) is 6.42. The van der Waals surface area contributed by atoms with Gasteiger partial charge in [-0.1, -0.05) is 24.3 Å². The third-order valence-corrected chi connectivity index (χ3v) is 9.09. The molecule has 33 heavy (non-hydrogen) atoms. The fourth-order valence-electron chi connectivity index (χ4n) is 4.48. The van der Waals surface area contributed by atoms with Crippen LogP contribution in [0, 0.1) is 0 Å². The predicted octanol–water partition coefficient (Wildman–Crippen LogP) is 3.90. The quantitative estimate of drug-likeness (QED) is 0.498. The second-order valence-electron chi connectivity index (χ2n) is 7.89. The normalized spacial score (nSPS) is 23.6. The van der Waals surface area contributed by atoms with Gasteiger partial charge in [-0.05, 0) is 36.5 Å². The average molecular weight is 515 g/mol. The third-order valence-electron chi connectivity index (χ3n) is 6.14. The molecule has 0 saturated carbocycles. The second kappa shape index (κ2) is 7.55. The van der Waals surface area contributed by atoms with Crippen LogP contribution in [0.3, 0.4) is 0 Å². The monoisotopic (exact) mass is 515 g/mol. The molecule has 4 nitrogen and oxygen atoms in total. The van der Waals surface area contributed by atoms with Crippen molar-refractivity contribution in [2.45, 2.75) is 40.1 Å². The Morgan fingerprint density at radius 1 is 0.970 bits per heavy atom. The first-order valence-corrected chi connectivity index (χ1v) is 11.7. The van der Waals surface area contributed by atoms with Crippen molar-refractivity contribution in [3.63, 3.8) is 0 Å². The Kier molecular flexibility index (Phi) is 5.54. The maximum atomic E-state index is 14.6. The van der Waals surface area contributed by atoms with Gasteiger partial charge < -0.3 is 10.1 Å². The number of halogens is 7. The summed E-state index contributed by atoms with van der Waals surface area (Å²) in [4.78, 5) is -0.0650. The molecule has 180 valence electrons. The molecule has 3 unspecified atom stereocenters. The molecule has 0 spiro atoms. The minimum absolute atomic E-state index is 0.00234. The molecule has 13 heteroatoms. The van der Waals surface area contributed by atoms with Gasteiger partial charge in [0, 0.05) is 11.1 Å². The van der Waals surface area contributed by atoms with Crippen LogP contribution in [0.15, 0.2) is 47.4 Å². The summed E-state index contributed by atoms with van der Waals surface area (Å²) in [5.74, 6) is -0.533. The van der Waals surface area contributed by atoms with E-state index in [0.29, 0.717) is 17.4 Å². The fourth-order valence-corrected chi connectivity index (χ4v) is 6.94. The number of nitrogens with one attached hydrogen (secondary N) is 1. The van der Waals surface area contributed by atoms with E-state index in [1.54, 1.807) is 12.1 Å². The lowest BCUT2D eigenvalue weighted by molar-refractivity contribution is -0.348. The largest absolute Gasteiger partial charge is 0.492 e. The van der Waals surface area contributed by atoms with E-state index in [1.807, 2.05) is 0 Å². The van der Waals surface area contributed by atoms with Crippen molar-refractivity contribution >= 4 is 24.4 Å². The van der Waals surface area contributed by atoms with Gasteiger partial charge in [-0.25, -0.2) is 12.8 Å². The molecular weight excluding hydrogens is 498 g/mol. The van der Waals surface area contributed by atoms with Gasteiger partial charge in [0.05, 0.1) is 10.9 Å². The minimum Gasteiger partial charge on any atom is -0.492 e. The van der Waals surface area contributed by atoms with E-state index >= 15 is 0 Å². The van der Waals surface area contributed by atoms with Gasteiger partial charge >= 0.3 is 18.0 Å². The number of hydrogen-bond donors (Lipinski definition) is 1. The van der Waals surface area contributed by atoms with Gasteiger partial charge in [-0.15, -0.1) is 9.24 Å². The molecule has 1 fully saturated rings. The van der Waals surface area contributed by atoms with Crippen LogP contribution >= 0.6 is 9.24 Å². The summed E-state index contributed by atoms with van der Waals surface area (Å²) in [5, 5.41) is 3.69. The molecule has 0 aliphatic carbocycles. The van der Waals surface area contributed by atoms with E-state index in [9.17, 15) is 39.2 Å². The van der Waals surface area contributed by atoms with Crippen molar-refractivity contribution in [2.75, 3.05) is 13.2 Å². The molecular formula is C20H17F7NO3PS. The molecule has 2 aliphatic heterocycles. The smallest absolute Gasteiger partial charge is 0.435 e. The van der Waals surface area contributed by atoms with Gasteiger partial charge in [0.2, 0.25) is 0 Å². The number of alkyl halides is 7. The molecule has 0 radical (unpaired) electrons. The number of sulfone groups is 1. The van der Waals surface area contributed by atoms with Gasteiger partial charge in [0.15, 0.2) is 9.84 Å². The standard InChI is InChI=1S/C20H17F7NO3PS/c21-18(19(22,23)24,20(25,26)27)11-1-6-14-15(9-11)31-10-16-17(14,7-8-28-16)33(29,30)13-4-2-12(32)3-5-13/h1-6,9,16,28H,7-8,10,32H2. The van der Waals surface area contributed by atoms with Crippen molar-refractivity contribution < 1.29 is 43.9 Å². The molecule has 0 bridgehead atoms. The van der Waals surface area contributed by atoms with E-state index in [2.05, 4.69) is 14.6 Å². The maximum absolute atomic E-state index is 14.6. The Morgan fingerprint density at radius 3 is 2.15 bits per heavy atom. The van der Waals surface area contributed by atoms with Crippen LogP contribution in [-0.2, 0) is 20.3 Å². The van der Waals surface area contributed by atoms with E-state index < -0.39 is 50.0 Å². The lowest BCUT2D eigenvalue weighted by atomic mass is 9.85. The summed E-state index contributed by atoms with van der Waals surface area (Å²) < 4.78 is 125. The minimum atomic E-state index is -6.30. The first-order valence-electron chi connectivity index (χ1n) is 9.60. The van der Waals surface area contributed by atoms with Crippen LogP contribution in [0.1, 0.15) is 17.5 Å². The Labute approximate surface area is 186 Å². The summed E-state index contributed by atoms with van der Waals surface area (Å²) in [7, 11) is -1.79. The number of hydrogen-bond acceptors (Lipinski definition) is 4. The van der Waals surface area contributed by atoms with Crippen molar-refractivity contribution in [3.05, 3.63) is 53.6 Å². The number of ether oxygens (including phenoxy) is 1. The van der Waals surface area contributed by atoms with Crippen LogP contribution in [-0.4, -0.2) is 40.0 Å². The van der Waals surface area contributed by atoms with E-state index in [4.69, 9.17) is 4.74 Å². The molecule has 2 heterocycles. The summed E-state index contributed by atoms with van der Waals surface area (Å²) in [6.45, 7) is -0.122. The highest BCUT2D eigenvalue weighted by molar-refractivity contribution is 7.92. The average Bonchev–Trinajstić information content (AvgIpc) is 3.17. The van der Waals surface area contributed by atoms with Gasteiger partial charge in [-0.2, -0.15) is 26.3 Å². The first-order chi connectivity index (χ1) is 15.2. The number of fused-ring (bicyclic) bond motifs is 3. The van der Waals surface area contributed by atoms with Crippen LogP contribution in [0.2, 0.25) is 0 Å². The molecule has 0 aromatic heterocycles. The molecule has 2 aromatic rings. The Balaban J connectivity index is 1.92. The Bertz CT molecular complexity index is 1170. The molecule has 1 N–H and O–H groups in total. The van der Waals surface area contributed by atoms with Crippen molar-refractivity contribution in [2.24, 2.45) is 0 Å². The van der Waals surface area contributed by atoms with Gasteiger partial charge in [0.25, 0.3) is 0 Å². The Hall–Kier alpha value is -1.91. The highest BCUT2D eigenvalue weighted by Gasteiger charge is 2.73. The molecule has 4 rings (SSSR count). The fraction of sp³-hybridized carbons (Fsp3) is 0.400. The second-order valence-corrected chi connectivity index (χ2v) is 10.8. The van der Waals surface area contributed by atoms with Crippen LogP contribution in [0.5, 0.6) is 5.75 Å². The third kappa shape index (κ3) is 3.36. The summed E-state index contributed by atoms with van der Waals surface area (Å²) in [6.07, 6.45) is -12.6. The molecule has 1 saturated heterocycles. The highest BCUT2D eigenvalue weighted by atomic mass is 32.2. The first kappa shape index (κ1) is 24.2. The topological polar surface area (TPSA) is 55.4 Å². The van der Waals surface area contributed by atoms with Crippen molar-refractivity contribution in [1.82, 2.24) is 5.32 Å². The van der Waals surface area contributed by atoms with Gasteiger partial charge in [-0.3, -0.25) is 0 Å². The Morgan fingerprint density at radius 2 is 1.58 bits per heavy atom. The summed E-state index contributed by atoms with van der Waals surface area (Å²) in [5.41, 5.74) is -7.50. The number of rotatable bonds is 3. The number of benzene rings is 2. The summed E-state index contributed by atoms with van der Waals surface area (Å²) >= 11 is 0. The maximum Gasteiger partial charge on any atom is 0.435 e. The van der Waals surface area contributed by atoms with Crippen molar-refractivity contribution in [3.8, 4) is 5.75 Å². The SMILES string of the molecule is O=S(=O)(c1ccc(P)cc1)C12CCNC1COc1cc(C(F)(C(F)(F)F)C(F)(F)F)ccc12.